The van der Waals surface area contributed by atoms with Crippen molar-refractivity contribution in [2.45, 2.75) is 141 Å². The number of aliphatic hydroxyl groups is 2. The predicted octanol–water partition coefficient (Wildman–Crippen LogP) is 5.51. The number of phosphoric ester groups is 1. The van der Waals surface area contributed by atoms with E-state index in [1.54, 1.807) is 6.08 Å². The van der Waals surface area contributed by atoms with E-state index in [4.69, 9.17) is 14.8 Å². The Morgan fingerprint density at radius 3 is 2.03 bits per heavy atom. The van der Waals surface area contributed by atoms with Crippen LogP contribution in [0.15, 0.2) is 12.2 Å². The maximum Gasteiger partial charge on any atom is 0.472 e. The van der Waals surface area contributed by atoms with Crippen LogP contribution in [0.25, 0.3) is 0 Å². The molecule has 4 unspecified atom stereocenters. The van der Waals surface area contributed by atoms with Crippen molar-refractivity contribution in [3.05, 3.63) is 12.2 Å². The van der Waals surface area contributed by atoms with Crippen LogP contribution in [0.1, 0.15) is 123 Å². The Bertz CT molecular complexity index is 636. The van der Waals surface area contributed by atoms with E-state index in [2.05, 4.69) is 19.2 Å². The van der Waals surface area contributed by atoms with Crippen LogP contribution in [0, 0.1) is 0 Å². The number of hydrogen-bond acceptors (Lipinski definition) is 7. The van der Waals surface area contributed by atoms with Crippen molar-refractivity contribution in [1.82, 2.24) is 5.32 Å². The highest BCUT2D eigenvalue weighted by Gasteiger charge is 2.27. The minimum atomic E-state index is -4.37. The Balaban J connectivity index is 4.65. The van der Waals surface area contributed by atoms with Gasteiger partial charge in [0.1, 0.15) is 0 Å². The van der Waals surface area contributed by atoms with Crippen LogP contribution in [0.4, 0.5) is 0 Å². The molecule has 0 heterocycles. The van der Waals surface area contributed by atoms with Crippen LogP contribution >= 0.6 is 7.82 Å². The number of hydrogen-bond donors (Lipinski definition) is 5. The van der Waals surface area contributed by atoms with Gasteiger partial charge in [0.15, 0.2) is 0 Å². The molecular weight excluding hydrogens is 507 g/mol. The highest BCUT2D eigenvalue weighted by Crippen LogP contribution is 2.43. The minimum Gasteiger partial charge on any atom is -0.393 e. The van der Waals surface area contributed by atoms with Crippen molar-refractivity contribution in [2.24, 2.45) is 5.73 Å². The number of amides is 1. The van der Waals surface area contributed by atoms with E-state index in [0.29, 0.717) is 6.42 Å². The molecule has 0 aromatic carbocycles. The summed E-state index contributed by atoms with van der Waals surface area (Å²) in [5, 5.41) is 23.6. The maximum absolute atomic E-state index is 12.6. The first kappa shape index (κ1) is 37.2. The number of unbranched alkanes of at least 4 members (excludes halogenated alkanes) is 13. The molecule has 6 N–H and O–H groups in total. The summed E-state index contributed by atoms with van der Waals surface area (Å²) in [7, 11) is -4.37. The summed E-state index contributed by atoms with van der Waals surface area (Å²) < 4.78 is 21.8. The van der Waals surface area contributed by atoms with Gasteiger partial charge >= 0.3 is 7.82 Å². The van der Waals surface area contributed by atoms with E-state index in [-0.39, 0.29) is 19.6 Å². The van der Waals surface area contributed by atoms with E-state index < -0.39 is 38.6 Å². The fourth-order valence-electron chi connectivity index (χ4n) is 4.11. The average Bonchev–Trinajstić information content (AvgIpc) is 2.88. The highest BCUT2D eigenvalue weighted by molar-refractivity contribution is 7.47. The molecule has 0 saturated carbocycles. The fraction of sp³-hybridized carbons (Fsp3) is 0.893. The molecule has 4 atom stereocenters. The summed E-state index contributed by atoms with van der Waals surface area (Å²) in [6.07, 6.45) is 18.9. The number of carbonyl (C=O) groups excluding carboxylic acids is 1. The number of nitrogens with two attached hydrogens (primary N) is 1. The Kier molecular flexibility index (Phi) is 24.7. The quantitative estimate of drug-likeness (QED) is 0.0497. The van der Waals surface area contributed by atoms with Crippen molar-refractivity contribution in [3.63, 3.8) is 0 Å². The first-order chi connectivity index (χ1) is 18.3. The molecular formula is C28H57N2O7P. The molecule has 0 aliphatic carbocycles. The van der Waals surface area contributed by atoms with Gasteiger partial charge in [0.05, 0.1) is 37.9 Å². The molecule has 9 nitrogen and oxygen atoms in total. The molecule has 0 aliphatic heterocycles. The molecule has 226 valence electrons. The lowest BCUT2D eigenvalue weighted by Gasteiger charge is -2.24. The Hall–Kier alpha value is -0.800. The van der Waals surface area contributed by atoms with Gasteiger partial charge < -0.3 is 26.2 Å². The number of nitrogens with one attached hydrogen (secondary N) is 1. The molecule has 1 amide bonds. The molecule has 0 rings (SSSR count). The average molecular weight is 565 g/mol. The smallest absolute Gasteiger partial charge is 0.393 e. The molecule has 0 aliphatic rings. The second-order valence-corrected chi connectivity index (χ2v) is 11.6. The van der Waals surface area contributed by atoms with Gasteiger partial charge in [-0.1, -0.05) is 109 Å². The standard InChI is InChI=1S/C28H57N2O7P/c1-3-5-7-9-11-12-14-16-18-20-27(32)26(24-37-38(34,35)36-22-21-29)30-28(33)23-25(31)19-17-15-13-10-8-6-4-2/h18,20,25-27,31-32H,3-17,19,21-24,29H2,1-2H3,(H,30,33)(H,34,35)/b20-18+. The lowest BCUT2D eigenvalue weighted by Crippen LogP contribution is -2.46. The molecule has 0 radical (unpaired) electrons. The summed E-state index contributed by atoms with van der Waals surface area (Å²) in [6, 6.07) is -0.972. The summed E-state index contributed by atoms with van der Waals surface area (Å²) in [5.41, 5.74) is 5.30. The van der Waals surface area contributed by atoms with Crippen LogP contribution in [0.5, 0.6) is 0 Å². The van der Waals surface area contributed by atoms with Gasteiger partial charge in [0, 0.05) is 6.54 Å². The van der Waals surface area contributed by atoms with Crippen molar-refractivity contribution in [3.8, 4) is 0 Å². The largest absolute Gasteiger partial charge is 0.472 e. The van der Waals surface area contributed by atoms with Gasteiger partial charge in [-0.3, -0.25) is 13.8 Å². The minimum absolute atomic E-state index is 0.0503. The third-order valence-corrected chi connectivity index (χ3v) is 7.40. The van der Waals surface area contributed by atoms with Crippen molar-refractivity contribution in [2.75, 3.05) is 19.8 Å². The molecule has 0 saturated heterocycles. The molecule has 0 aromatic rings. The Morgan fingerprint density at radius 2 is 1.45 bits per heavy atom. The van der Waals surface area contributed by atoms with Gasteiger partial charge in [-0.15, -0.1) is 0 Å². The van der Waals surface area contributed by atoms with Gasteiger partial charge in [-0.25, -0.2) is 4.57 Å². The van der Waals surface area contributed by atoms with Gasteiger partial charge in [-0.2, -0.15) is 0 Å². The number of aliphatic hydroxyl groups excluding tert-OH is 2. The SMILES string of the molecule is CCCCCCCCC/C=C/C(O)C(COP(=O)(O)OCCN)NC(=O)CC(O)CCCCCCCCC. The van der Waals surface area contributed by atoms with Crippen LogP contribution in [0.2, 0.25) is 0 Å². The zero-order valence-electron chi connectivity index (χ0n) is 24.0. The van der Waals surface area contributed by atoms with Gasteiger partial charge in [-0.05, 0) is 19.3 Å². The highest BCUT2D eigenvalue weighted by atomic mass is 31.2. The molecule has 38 heavy (non-hydrogen) atoms. The molecule has 10 heteroatoms. The number of rotatable bonds is 27. The van der Waals surface area contributed by atoms with Gasteiger partial charge in [0.25, 0.3) is 0 Å². The van der Waals surface area contributed by atoms with Crippen molar-refractivity contribution in [1.29, 1.82) is 0 Å². The summed E-state index contributed by atoms with van der Waals surface area (Å²) in [6.45, 7) is 3.84. The maximum atomic E-state index is 12.6. The van der Waals surface area contributed by atoms with Crippen molar-refractivity contribution >= 4 is 13.7 Å². The zero-order valence-corrected chi connectivity index (χ0v) is 24.9. The molecule has 0 bridgehead atoms. The summed E-state index contributed by atoms with van der Waals surface area (Å²) >= 11 is 0. The van der Waals surface area contributed by atoms with E-state index in [1.807, 2.05) is 6.08 Å². The van der Waals surface area contributed by atoms with Gasteiger partial charge in [0.2, 0.25) is 5.91 Å². The third-order valence-electron chi connectivity index (χ3n) is 6.42. The third kappa shape index (κ3) is 23.1. The second kappa shape index (κ2) is 25.2. The monoisotopic (exact) mass is 564 g/mol. The first-order valence-electron chi connectivity index (χ1n) is 14.9. The lowest BCUT2D eigenvalue weighted by atomic mass is 10.0. The van der Waals surface area contributed by atoms with Crippen LogP contribution in [-0.2, 0) is 18.4 Å². The molecule has 0 spiro atoms. The normalized spacial score (nSPS) is 15.8. The number of carbonyl (C=O) groups is 1. The number of allylic oxidation sites excluding steroid dienone is 1. The summed E-state index contributed by atoms with van der Waals surface area (Å²) in [5.74, 6) is -0.454. The first-order valence-corrected chi connectivity index (χ1v) is 16.4. The van der Waals surface area contributed by atoms with Crippen LogP contribution in [-0.4, -0.2) is 59.0 Å². The Morgan fingerprint density at radius 1 is 0.895 bits per heavy atom. The number of phosphoric acid groups is 1. The topological polar surface area (TPSA) is 151 Å². The van der Waals surface area contributed by atoms with Crippen molar-refractivity contribution < 1.29 is 33.5 Å². The Labute approximate surface area is 231 Å². The lowest BCUT2D eigenvalue weighted by molar-refractivity contribution is -0.124. The van der Waals surface area contributed by atoms with Crippen LogP contribution in [0.3, 0.4) is 0 Å². The van der Waals surface area contributed by atoms with Crippen LogP contribution < -0.4 is 11.1 Å². The van der Waals surface area contributed by atoms with E-state index >= 15 is 0 Å². The fourth-order valence-corrected chi connectivity index (χ4v) is 4.87. The predicted molar refractivity (Wildman–Crippen MR) is 154 cm³/mol. The van der Waals surface area contributed by atoms with E-state index in [9.17, 15) is 24.5 Å². The van der Waals surface area contributed by atoms with E-state index in [1.165, 1.54) is 57.8 Å². The zero-order chi connectivity index (χ0) is 28.5. The molecule has 0 aromatic heterocycles. The molecule has 0 fully saturated rings. The van der Waals surface area contributed by atoms with E-state index in [0.717, 1.165) is 38.5 Å². The second-order valence-electron chi connectivity index (χ2n) is 10.2. The summed E-state index contributed by atoms with van der Waals surface area (Å²) in [4.78, 5) is 22.4.